The number of hydrogen-bond acceptors (Lipinski definition) is 3. The van der Waals surface area contributed by atoms with Gasteiger partial charge < -0.3 is 9.84 Å². The Morgan fingerprint density at radius 3 is 2.50 bits per heavy atom. The zero-order valence-electron chi connectivity index (χ0n) is 5.06. The van der Waals surface area contributed by atoms with Crippen LogP contribution in [0, 0.1) is 0 Å². The Morgan fingerprint density at radius 2 is 2.00 bits per heavy atom. The molecule has 0 heterocycles. The molecule has 0 unspecified atom stereocenters. The number of carbonyl (C=O) groups is 2. The number of allylic oxidation sites excluding steroid dienone is 3. The van der Waals surface area contributed by atoms with Gasteiger partial charge in [0, 0.05) is 0 Å². The summed E-state index contributed by atoms with van der Waals surface area (Å²) in [7, 11) is 0. The van der Waals surface area contributed by atoms with E-state index in [1.807, 2.05) is 0 Å². The SMILES string of the molecule is O=C/C=C/C=C/OC(=O)O. The Balaban J connectivity index is 3.46. The van der Waals surface area contributed by atoms with E-state index in [-0.39, 0.29) is 0 Å². The third-order valence-electron chi connectivity index (χ3n) is 0.548. The molecular weight excluding hydrogens is 136 g/mol. The molecule has 0 rings (SSSR count). The first kappa shape index (κ1) is 8.42. The van der Waals surface area contributed by atoms with Crippen LogP contribution in [0.25, 0.3) is 0 Å². The normalized spacial score (nSPS) is 10.4. The number of carboxylic acid groups (broad SMARTS) is 1. The lowest BCUT2D eigenvalue weighted by Crippen LogP contribution is -1.90. The smallest absolute Gasteiger partial charge is 0.449 e. The van der Waals surface area contributed by atoms with Crippen LogP contribution in [-0.2, 0) is 9.53 Å². The molecule has 0 aliphatic rings. The van der Waals surface area contributed by atoms with Gasteiger partial charge >= 0.3 is 6.16 Å². The maximum absolute atomic E-state index is 9.66. The van der Waals surface area contributed by atoms with Gasteiger partial charge in [-0.15, -0.1) is 0 Å². The van der Waals surface area contributed by atoms with Gasteiger partial charge in [-0.05, 0) is 12.2 Å². The van der Waals surface area contributed by atoms with Crippen molar-refractivity contribution in [3.05, 3.63) is 24.5 Å². The van der Waals surface area contributed by atoms with Crippen LogP contribution in [0.3, 0.4) is 0 Å². The molecule has 0 bridgehead atoms. The maximum atomic E-state index is 9.66. The third kappa shape index (κ3) is 6.42. The average Bonchev–Trinajstić information content (AvgIpc) is 1.87. The van der Waals surface area contributed by atoms with Crippen LogP contribution in [0.2, 0.25) is 0 Å². The zero-order chi connectivity index (χ0) is 7.82. The highest BCUT2D eigenvalue weighted by Crippen LogP contribution is 1.79. The van der Waals surface area contributed by atoms with Crippen molar-refractivity contribution in [1.82, 2.24) is 0 Å². The molecule has 54 valence electrons. The first-order valence-electron chi connectivity index (χ1n) is 2.44. The zero-order valence-corrected chi connectivity index (χ0v) is 5.06. The van der Waals surface area contributed by atoms with E-state index in [2.05, 4.69) is 4.74 Å². The van der Waals surface area contributed by atoms with E-state index in [1.54, 1.807) is 0 Å². The number of ether oxygens (including phenoxy) is 1. The van der Waals surface area contributed by atoms with E-state index in [1.165, 1.54) is 18.2 Å². The summed E-state index contributed by atoms with van der Waals surface area (Å²) in [4.78, 5) is 19.3. The van der Waals surface area contributed by atoms with Crippen LogP contribution >= 0.6 is 0 Å². The topological polar surface area (TPSA) is 63.6 Å². The highest BCUT2D eigenvalue weighted by atomic mass is 16.7. The number of carbonyl (C=O) groups excluding carboxylic acids is 1. The Bertz CT molecular complexity index is 169. The largest absolute Gasteiger partial charge is 0.510 e. The summed E-state index contributed by atoms with van der Waals surface area (Å²) in [6.07, 6.45) is 4.02. The van der Waals surface area contributed by atoms with Crippen LogP contribution in [0.4, 0.5) is 4.79 Å². The lowest BCUT2D eigenvalue weighted by Gasteiger charge is -1.84. The average molecular weight is 142 g/mol. The molecule has 0 saturated heterocycles. The van der Waals surface area contributed by atoms with E-state index < -0.39 is 6.16 Å². The van der Waals surface area contributed by atoms with Crippen molar-refractivity contribution in [2.75, 3.05) is 0 Å². The van der Waals surface area contributed by atoms with Crippen LogP contribution in [0.1, 0.15) is 0 Å². The first-order valence-corrected chi connectivity index (χ1v) is 2.44. The second-order valence-corrected chi connectivity index (χ2v) is 1.23. The second-order valence-electron chi connectivity index (χ2n) is 1.23. The molecule has 4 heteroatoms. The molecule has 0 aromatic carbocycles. The summed E-state index contributed by atoms with van der Waals surface area (Å²) in [5.41, 5.74) is 0. The molecule has 0 saturated carbocycles. The van der Waals surface area contributed by atoms with Gasteiger partial charge in [-0.2, -0.15) is 0 Å². The fourth-order valence-corrected chi connectivity index (χ4v) is 0.252. The fraction of sp³-hybridized carbons (Fsp3) is 0. The predicted molar refractivity (Wildman–Crippen MR) is 33.5 cm³/mol. The van der Waals surface area contributed by atoms with Gasteiger partial charge in [-0.25, -0.2) is 4.79 Å². The quantitative estimate of drug-likeness (QED) is 0.209. The Morgan fingerprint density at radius 1 is 1.30 bits per heavy atom. The predicted octanol–water partition coefficient (Wildman–Crippen LogP) is 0.950. The highest BCUT2D eigenvalue weighted by molar-refractivity contribution is 5.65. The molecule has 0 fully saturated rings. The number of rotatable bonds is 3. The molecule has 10 heavy (non-hydrogen) atoms. The molecule has 0 amide bonds. The van der Waals surface area contributed by atoms with Gasteiger partial charge in [0.05, 0.1) is 6.26 Å². The fourth-order valence-electron chi connectivity index (χ4n) is 0.252. The molecule has 0 aliphatic carbocycles. The van der Waals surface area contributed by atoms with Crippen molar-refractivity contribution >= 4 is 12.4 Å². The second kappa shape index (κ2) is 5.55. The van der Waals surface area contributed by atoms with Gasteiger partial charge in [-0.1, -0.05) is 6.08 Å². The monoisotopic (exact) mass is 142 g/mol. The van der Waals surface area contributed by atoms with Crippen molar-refractivity contribution in [3.63, 3.8) is 0 Å². The van der Waals surface area contributed by atoms with Crippen LogP contribution in [0.15, 0.2) is 24.5 Å². The van der Waals surface area contributed by atoms with Crippen molar-refractivity contribution in [1.29, 1.82) is 0 Å². The Kier molecular flexibility index (Phi) is 4.68. The van der Waals surface area contributed by atoms with Gasteiger partial charge in [0.15, 0.2) is 0 Å². The lowest BCUT2D eigenvalue weighted by atomic mass is 10.5. The summed E-state index contributed by atoms with van der Waals surface area (Å²) in [5.74, 6) is 0. The van der Waals surface area contributed by atoms with Gasteiger partial charge in [0.25, 0.3) is 0 Å². The molecular formula is C6H6O4. The molecule has 0 radical (unpaired) electrons. The summed E-state index contributed by atoms with van der Waals surface area (Å²) < 4.78 is 3.96. The van der Waals surface area contributed by atoms with Crippen LogP contribution in [-0.4, -0.2) is 17.5 Å². The van der Waals surface area contributed by atoms with Gasteiger partial charge in [0.2, 0.25) is 0 Å². The van der Waals surface area contributed by atoms with E-state index in [4.69, 9.17) is 5.11 Å². The molecule has 0 spiro atoms. The van der Waals surface area contributed by atoms with Crippen LogP contribution < -0.4 is 0 Å². The number of aldehydes is 1. The summed E-state index contributed by atoms with van der Waals surface area (Å²) >= 11 is 0. The van der Waals surface area contributed by atoms with E-state index >= 15 is 0 Å². The van der Waals surface area contributed by atoms with Crippen molar-refractivity contribution in [2.24, 2.45) is 0 Å². The minimum absolute atomic E-state index is 0.575. The summed E-state index contributed by atoms with van der Waals surface area (Å²) in [6.45, 7) is 0. The summed E-state index contributed by atoms with van der Waals surface area (Å²) in [6, 6.07) is 0. The molecule has 0 atom stereocenters. The first-order chi connectivity index (χ1) is 4.77. The van der Waals surface area contributed by atoms with Gasteiger partial charge in [0.1, 0.15) is 6.29 Å². The molecule has 0 aromatic heterocycles. The molecule has 0 aromatic rings. The Labute approximate surface area is 57.4 Å². The lowest BCUT2D eigenvalue weighted by molar-refractivity contribution is -0.104. The molecule has 0 aliphatic heterocycles. The third-order valence-corrected chi connectivity index (χ3v) is 0.548. The number of hydrogen-bond donors (Lipinski definition) is 1. The van der Waals surface area contributed by atoms with E-state index in [0.717, 1.165) is 6.26 Å². The van der Waals surface area contributed by atoms with Gasteiger partial charge in [-0.3, -0.25) is 4.79 Å². The van der Waals surface area contributed by atoms with E-state index in [9.17, 15) is 9.59 Å². The maximum Gasteiger partial charge on any atom is 0.510 e. The minimum atomic E-state index is -1.38. The standard InChI is InChI=1S/C6H6O4/c7-4-2-1-3-5-10-6(8)9/h1-5H,(H,8,9)/b2-1+,5-3+. The van der Waals surface area contributed by atoms with Crippen LogP contribution in [0.5, 0.6) is 0 Å². The highest BCUT2D eigenvalue weighted by Gasteiger charge is 1.85. The molecule has 4 nitrogen and oxygen atoms in total. The van der Waals surface area contributed by atoms with Crippen molar-refractivity contribution in [2.45, 2.75) is 0 Å². The summed E-state index contributed by atoms with van der Waals surface area (Å²) in [5, 5.41) is 7.90. The van der Waals surface area contributed by atoms with Crippen molar-refractivity contribution < 1.29 is 19.4 Å². The van der Waals surface area contributed by atoms with Crippen molar-refractivity contribution in [3.8, 4) is 0 Å². The molecule has 1 N–H and O–H groups in total. The minimum Gasteiger partial charge on any atom is -0.449 e. The Hall–Kier alpha value is -1.58. The van der Waals surface area contributed by atoms with E-state index in [0.29, 0.717) is 6.29 Å².